The van der Waals surface area contributed by atoms with Crippen LogP contribution in [-0.4, -0.2) is 22.2 Å². The molecular weight excluding hydrogens is 548 g/mol. The Kier molecular flexibility index (Phi) is 6.92. The fourth-order valence-electron chi connectivity index (χ4n) is 2.51. The lowest BCUT2D eigenvalue weighted by Crippen LogP contribution is -2.32. The maximum absolute atomic E-state index is 11.1. The predicted octanol–water partition coefficient (Wildman–Crippen LogP) is 4.47. The Labute approximate surface area is 173 Å². The third-order valence-corrected chi connectivity index (χ3v) is 5.66. The van der Waals surface area contributed by atoms with Gasteiger partial charge in [0, 0.05) is 0 Å². The summed E-state index contributed by atoms with van der Waals surface area (Å²) in [7, 11) is 0. The molecule has 1 unspecified atom stereocenters. The number of aromatic hydroxyl groups is 1. The average molecular weight is 567 g/mol. The van der Waals surface area contributed by atoms with Crippen molar-refractivity contribution in [3.05, 3.63) is 48.6 Å². The summed E-state index contributed by atoms with van der Waals surface area (Å²) in [6.45, 7) is 4.11. The maximum Gasteiger partial charge on any atom is 0.320 e. The minimum atomic E-state index is -1.01. The second-order valence-corrected chi connectivity index (χ2v) is 8.21. The maximum atomic E-state index is 11.1. The molecule has 1 atom stereocenters. The molecule has 0 aliphatic carbocycles. The van der Waals surface area contributed by atoms with E-state index in [0.29, 0.717) is 11.5 Å². The molecule has 0 amide bonds. The Morgan fingerprint density at radius 3 is 2.40 bits per heavy atom. The minimum Gasteiger partial charge on any atom is -0.508 e. The highest BCUT2D eigenvalue weighted by atomic mass is 127. The first-order valence-corrected chi connectivity index (χ1v) is 9.82. The van der Waals surface area contributed by atoms with E-state index >= 15 is 0 Å². The number of benzene rings is 2. The van der Waals surface area contributed by atoms with Gasteiger partial charge in [-0.1, -0.05) is 19.9 Å². The van der Waals surface area contributed by atoms with E-state index in [1.54, 1.807) is 18.2 Å². The molecule has 0 spiro atoms. The standard InChI is InChI=1S/C18H19I2NO4/c1-9(2)16-10(7-13(21)18(23)24)3-5-15(17(16)20)25-14-6-4-11(22)8-12(14)19/h3-6,8-9,13,22H,7,21H2,1-2H3,(H,23,24). The zero-order valence-electron chi connectivity index (χ0n) is 13.8. The summed E-state index contributed by atoms with van der Waals surface area (Å²) in [5.41, 5.74) is 7.67. The third-order valence-electron chi connectivity index (χ3n) is 3.70. The second kappa shape index (κ2) is 8.54. The molecule has 0 radical (unpaired) electrons. The van der Waals surface area contributed by atoms with Crippen molar-refractivity contribution in [3.8, 4) is 17.2 Å². The van der Waals surface area contributed by atoms with Crippen molar-refractivity contribution in [2.45, 2.75) is 32.2 Å². The van der Waals surface area contributed by atoms with Gasteiger partial charge in [0.2, 0.25) is 0 Å². The van der Waals surface area contributed by atoms with Crippen LogP contribution >= 0.6 is 45.2 Å². The van der Waals surface area contributed by atoms with E-state index in [1.165, 1.54) is 0 Å². The van der Waals surface area contributed by atoms with Crippen LogP contribution in [-0.2, 0) is 11.2 Å². The van der Waals surface area contributed by atoms with Gasteiger partial charge in [-0.3, -0.25) is 4.79 Å². The van der Waals surface area contributed by atoms with Crippen molar-refractivity contribution in [1.29, 1.82) is 0 Å². The molecule has 0 saturated heterocycles. The van der Waals surface area contributed by atoms with Gasteiger partial charge in [0.05, 0.1) is 7.14 Å². The van der Waals surface area contributed by atoms with E-state index < -0.39 is 12.0 Å². The van der Waals surface area contributed by atoms with Crippen LogP contribution in [0.4, 0.5) is 0 Å². The lowest BCUT2D eigenvalue weighted by molar-refractivity contribution is -0.138. The highest BCUT2D eigenvalue weighted by Gasteiger charge is 2.20. The largest absolute Gasteiger partial charge is 0.508 e. The molecule has 2 aromatic carbocycles. The molecule has 0 aliphatic heterocycles. The van der Waals surface area contributed by atoms with Gasteiger partial charge in [-0.15, -0.1) is 0 Å². The van der Waals surface area contributed by atoms with Crippen LogP contribution in [0.3, 0.4) is 0 Å². The Morgan fingerprint density at radius 1 is 1.20 bits per heavy atom. The highest BCUT2D eigenvalue weighted by molar-refractivity contribution is 14.1. The van der Waals surface area contributed by atoms with Crippen molar-refractivity contribution >= 4 is 51.2 Å². The van der Waals surface area contributed by atoms with Gasteiger partial charge in [-0.2, -0.15) is 0 Å². The number of phenolic OH excluding ortho intramolecular Hbond substituents is 1. The van der Waals surface area contributed by atoms with E-state index in [0.717, 1.165) is 18.3 Å². The van der Waals surface area contributed by atoms with Crippen LogP contribution in [0.25, 0.3) is 0 Å². The Balaban J connectivity index is 2.40. The van der Waals surface area contributed by atoms with Gasteiger partial charge in [0.25, 0.3) is 0 Å². The summed E-state index contributed by atoms with van der Waals surface area (Å²) in [5, 5.41) is 18.6. The van der Waals surface area contributed by atoms with E-state index in [2.05, 4.69) is 59.0 Å². The van der Waals surface area contributed by atoms with Gasteiger partial charge >= 0.3 is 5.97 Å². The van der Waals surface area contributed by atoms with Gasteiger partial charge < -0.3 is 20.7 Å². The van der Waals surface area contributed by atoms with Gasteiger partial charge in [-0.05, 0) is 92.9 Å². The SMILES string of the molecule is CC(C)c1c(CC(N)C(=O)O)ccc(Oc2ccc(O)cc2I)c1I. The van der Waals surface area contributed by atoms with E-state index in [4.69, 9.17) is 15.6 Å². The molecule has 5 nitrogen and oxygen atoms in total. The fraction of sp³-hybridized carbons (Fsp3) is 0.278. The van der Waals surface area contributed by atoms with Crippen LogP contribution in [0.5, 0.6) is 17.2 Å². The van der Waals surface area contributed by atoms with Crippen molar-refractivity contribution in [1.82, 2.24) is 0 Å². The lowest BCUT2D eigenvalue weighted by Gasteiger charge is -2.20. The molecule has 0 saturated carbocycles. The number of carboxylic acids is 1. The van der Waals surface area contributed by atoms with Crippen molar-refractivity contribution in [2.24, 2.45) is 5.73 Å². The molecule has 7 heteroatoms. The number of aliphatic carboxylic acids is 1. The molecule has 0 heterocycles. The van der Waals surface area contributed by atoms with E-state index in [-0.39, 0.29) is 18.1 Å². The summed E-state index contributed by atoms with van der Waals surface area (Å²) < 4.78 is 7.76. The second-order valence-electron chi connectivity index (χ2n) is 5.97. The average Bonchev–Trinajstić information content (AvgIpc) is 2.51. The summed E-state index contributed by atoms with van der Waals surface area (Å²) in [4.78, 5) is 11.1. The highest BCUT2D eigenvalue weighted by Crippen LogP contribution is 2.37. The number of ether oxygens (including phenoxy) is 1. The first kappa shape index (κ1) is 20.2. The molecule has 0 aromatic heterocycles. The van der Waals surface area contributed by atoms with Crippen LogP contribution in [0, 0.1) is 7.14 Å². The molecule has 0 fully saturated rings. The summed E-state index contributed by atoms with van der Waals surface area (Å²) in [5.74, 6) is 0.725. The first-order valence-electron chi connectivity index (χ1n) is 7.66. The van der Waals surface area contributed by atoms with E-state index in [9.17, 15) is 9.90 Å². The van der Waals surface area contributed by atoms with Crippen molar-refractivity contribution in [3.63, 3.8) is 0 Å². The summed E-state index contributed by atoms with van der Waals surface area (Å²) in [6.07, 6.45) is 0.274. The molecule has 0 aliphatic rings. The number of carbonyl (C=O) groups is 1. The number of phenols is 1. The molecule has 25 heavy (non-hydrogen) atoms. The van der Waals surface area contributed by atoms with Gasteiger partial charge in [-0.25, -0.2) is 0 Å². The first-order chi connectivity index (χ1) is 11.7. The van der Waals surface area contributed by atoms with Crippen LogP contribution in [0.2, 0.25) is 0 Å². The number of hydrogen-bond acceptors (Lipinski definition) is 4. The fourth-order valence-corrected chi connectivity index (χ4v) is 4.38. The number of rotatable bonds is 6. The number of hydrogen-bond donors (Lipinski definition) is 3. The number of nitrogens with two attached hydrogens (primary N) is 1. The van der Waals surface area contributed by atoms with Crippen molar-refractivity contribution in [2.75, 3.05) is 0 Å². The third kappa shape index (κ3) is 4.98. The molecule has 0 bridgehead atoms. The number of halogens is 2. The molecule has 2 rings (SSSR count). The smallest absolute Gasteiger partial charge is 0.320 e. The Bertz CT molecular complexity index is 793. The Morgan fingerprint density at radius 2 is 1.84 bits per heavy atom. The van der Waals surface area contributed by atoms with Crippen molar-refractivity contribution < 1.29 is 19.7 Å². The van der Waals surface area contributed by atoms with E-state index in [1.807, 2.05) is 12.1 Å². The minimum absolute atomic E-state index is 0.187. The predicted molar refractivity (Wildman–Crippen MR) is 113 cm³/mol. The normalized spacial score (nSPS) is 12.2. The zero-order chi connectivity index (χ0) is 18.7. The lowest BCUT2D eigenvalue weighted by atomic mass is 9.93. The van der Waals surface area contributed by atoms with Crippen LogP contribution in [0.15, 0.2) is 30.3 Å². The van der Waals surface area contributed by atoms with Crippen LogP contribution in [0.1, 0.15) is 30.9 Å². The molecular formula is C18H19I2NO4. The summed E-state index contributed by atoms with van der Waals surface area (Å²) >= 11 is 4.33. The molecule has 2 aromatic rings. The molecule has 134 valence electrons. The van der Waals surface area contributed by atoms with Gasteiger partial charge in [0.1, 0.15) is 23.3 Å². The summed E-state index contributed by atoms with van der Waals surface area (Å²) in [6, 6.07) is 7.71. The number of carboxylic acid groups (broad SMARTS) is 1. The zero-order valence-corrected chi connectivity index (χ0v) is 18.1. The Hall–Kier alpha value is -1.07. The quantitative estimate of drug-likeness (QED) is 0.449. The molecule has 4 N–H and O–H groups in total. The van der Waals surface area contributed by atoms with Gasteiger partial charge in [0.15, 0.2) is 0 Å². The topological polar surface area (TPSA) is 92.8 Å². The van der Waals surface area contributed by atoms with Crippen LogP contribution < -0.4 is 10.5 Å². The monoisotopic (exact) mass is 567 g/mol.